The Morgan fingerprint density at radius 1 is 0.925 bits per heavy atom. The number of aryl methyl sites for hydroxylation is 1. The van der Waals surface area contributed by atoms with E-state index in [1.807, 2.05) is 43.6 Å². The molecule has 0 amide bonds. The average molecular weight is 531 g/mol. The molecule has 2 aliphatic carbocycles. The van der Waals surface area contributed by atoms with Gasteiger partial charge in [-0.3, -0.25) is 4.79 Å². The number of ether oxygens (including phenoxy) is 1. The molecule has 0 spiro atoms. The third kappa shape index (κ3) is 5.20. The van der Waals surface area contributed by atoms with Gasteiger partial charge in [0.1, 0.15) is 11.9 Å². The Labute approximate surface area is 233 Å². The molecule has 5 heteroatoms. The van der Waals surface area contributed by atoms with Crippen LogP contribution >= 0.6 is 0 Å². The van der Waals surface area contributed by atoms with Crippen LogP contribution in [0.3, 0.4) is 0 Å². The lowest BCUT2D eigenvalue weighted by molar-refractivity contribution is 0.0946. The number of ketones is 1. The molecule has 4 aliphatic rings. The lowest BCUT2D eigenvalue weighted by Gasteiger charge is -2.24. The average Bonchev–Trinajstić information content (AvgIpc) is 3.21. The van der Waals surface area contributed by atoms with Gasteiger partial charge in [-0.25, -0.2) is 9.38 Å². The molecule has 3 aromatic carbocycles. The Kier molecular flexibility index (Phi) is 7.28. The number of nitrogens with one attached hydrogen (secondary N) is 1. The van der Waals surface area contributed by atoms with Gasteiger partial charge in [-0.05, 0) is 88.9 Å². The maximum absolute atomic E-state index is 13.4. The third-order valence-corrected chi connectivity index (χ3v) is 7.65. The second-order valence-electron chi connectivity index (χ2n) is 10.4. The van der Waals surface area contributed by atoms with Crippen LogP contribution in [0.25, 0.3) is 22.8 Å². The Morgan fingerprint density at radius 2 is 1.70 bits per heavy atom. The minimum Gasteiger partial charge on any atom is -0.473 e. The van der Waals surface area contributed by atoms with Crippen LogP contribution in [0.15, 0.2) is 102 Å². The summed E-state index contributed by atoms with van der Waals surface area (Å²) in [5.74, 6) is 0.201. The number of halogens is 1. The Bertz CT molecular complexity index is 1680. The number of hydrogen-bond acceptors (Lipinski definition) is 4. The zero-order chi connectivity index (χ0) is 27.5. The van der Waals surface area contributed by atoms with Crippen molar-refractivity contribution in [3.05, 3.63) is 130 Å². The molecule has 3 aromatic rings. The van der Waals surface area contributed by atoms with Gasteiger partial charge in [-0.1, -0.05) is 54.6 Å². The minimum atomic E-state index is -0.330. The Hall–Kier alpha value is -4.51. The van der Waals surface area contributed by atoms with E-state index in [0.717, 1.165) is 41.2 Å². The smallest absolute Gasteiger partial charge is 0.213 e. The van der Waals surface area contributed by atoms with Gasteiger partial charge in [0.25, 0.3) is 0 Å². The number of aliphatic imine (C=N–C) groups is 1. The number of rotatable bonds is 3. The Morgan fingerprint density at radius 3 is 2.45 bits per heavy atom. The van der Waals surface area contributed by atoms with Crippen LogP contribution in [-0.4, -0.2) is 24.3 Å². The van der Waals surface area contributed by atoms with Gasteiger partial charge in [0.15, 0.2) is 5.78 Å². The van der Waals surface area contributed by atoms with Crippen molar-refractivity contribution in [1.82, 2.24) is 5.32 Å². The highest BCUT2D eigenvalue weighted by atomic mass is 19.1. The number of carbonyl (C=O) groups excluding carboxylic acids is 1. The van der Waals surface area contributed by atoms with Crippen LogP contribution in [0.1, 0.15) is 34.8 Å². The summed E-state index contributed by atoms with van der Waals surface area (Å²) in [5, 5.41) is 5.19. The molecule has 200 valence electrons. The molecular formula is C35H31FN2O2. The highest BCUT2D eigenvalue weighted by molar-refractivity contribution is 6.16. The van der Waals surface area contributed by atoms with E-state index in [2.05, 4.69) is 47.8 Å². The number of fused-ring (bicyclic) bond motifs is 5. The van der Waals surface area contributed by atoms with Crippen molar-refractivity contribution in [3.63, 3.8) is 0 Å². The molecule has 2 heterocycles. The molecule has 0 fully saturated rings. The lowest BCUT2D eigenvalue weighted by Crippen LogP contribution is -2.40. The fraction of sp³-hybridized carbons (Fsp3) is 0.200. The highest BCUT2D eigenvalue weighted by Crippen LogP contribution is 2.30. The van der Waals surface area contributed by atoms with Gasteiger partial charge in [0.05, 0.1) is 6.54 Å². The minimum absolute atomic E-state index is 0.0408. The molecule has 40 heavy (non-hydrogen) atoms. The number of hydrogen-bond donors (Lipinski definition) is 1. The van der Waals surface area contributed by atoms with E-state index in [9.17, 15) is 9.18 Å². The molecule has 2 unspecified atom stereocenters. The Balaban J connectivity index is 0.000000363. The molecule has 4 nitrogen and oxygen atoms in total. The summed E-state index contributed by atoms with van der Waals surface area (Å²) in [6.45, 7) is 2.71. The predicted octanol–water partition coefficient (Wildman–Crippen LogP) is 5.42. The zero-order valence-corrected chi connectivity index (χ0v) is 22.4. The van der Waals surface area contributed by atoms with Gasteiger partial charge in [0.2, 0.25) is 5.90 Å². The molecule has 0 radical (unpaired) electrons. The van der Waals surface area contributed by atoms with Crippen molar-refractivity contribution in [2.24, 2.45) is 10.9 Å². The van der Waals surface area contributed by atoms with E-state index in [1.54, 1.807) is 12.1 Å². The summed E-state index contributed by atoms with van der Waals surface area (Å²) < 4.78 is 19.5. The first-order valence-electron chi connectivity index (χ1n) is 13.8. The number of allylic oxidation sites excluding steroid dienone is 4. The summed E-state index contributed by atoms with van der Waals surface area (Å²) in [5.41, 5.74) is 6.57. The maximum atomic E-state index is 13.4. The van der Waals surface area contributed by atoms with E-state index >= 15 is 0 Å². The van der Waals surface area contributed by atoms with Crippen LogP contribution in [0.2, 0.25) is 0 Å². The van der Waals surface area contributed by atoms with E-state index in [4.69, 9.17) is 9.73 Å². The van der Waals surface area contributed by atoms with Gasteiger partial charge >= 0.3 is 0 Å². The SMILES string of the molecule is C1=CC=CNC=C1.CC1CN=C(C2=c3c(ccc4c3=CC(C(=O)c3ccc(F)cc3)CC4)-c3ccccc3C2)O1. The molecule has 1 N–H and O–H groups in total. The first-order chi connectivity index (χ1) is 19.6. The quantitative estimate of drug-likeness (QED) is 0.461. The molecule has 0 bridgehead atoms. The fourth-order valence-corrected chi connectivity index (χ4v) is 5.70. The van der Waals surface area contributed by atoms with E-state index < -0.39 is 0 Å². The second kappa shape index (κ2) is 11.3. The van der Waals surface area contributed by atoms with Gasteiger partial charge in [0, 0.05) is 35.9 Å². The van der Waals surface area contributed by atoms with Crippen molar-refractivity contribution in [1.29, 1.82) is 0 Å². The molecule has 2 atom stereocenters. The van der Waals surface area contributed by atoms with E-state index in [0.29, 0.717) is 12.1 Å². The van der Waals surface area contributed by atoms with Crippen molar-refractivity contribution >= 4 is 23.3 Å². The second-order valence-corrected chi connectivity index (χ2v) is 10.4. The third-order valence-electron chi connectivity index (χ3n) is 7.65. The monoisotopic (exact) mass is 530 g/mol. The van der Waals surface area contributed by atoms with Crippen LogP contribution in [0, 0.1) is 11.7 Å². The first kappa shape index (κ1) is 25.8. The summed E-state index contributed by atoms with van der Waals surface area (Å²) in [7, 11) is 0. The number of carbonyl (C=O) groups is 1. The molecule has 7 rings (SSSR count). The fourth-order valence-electron chi connectivity index (χ4n) is 5.70. The number of benzene rings is 3. The highest BCUT2D eigenvalue weighted by Gasteiger charge is 2.28. The van der Waals surface area contributed by atoms with Crippen LogP contribution < -0.4 is 15.8 Å². The van der Waals surface area contributed by atoms with E-state index in [1.165, 1.54) is 34.4 Å². The topological polar surface area (TPSA) is 50.7 Å². The summed E-state index contributed by atoms with van der Waals surface area (Å²) in [6.07, 6.45) is 16.1. The molecular weight excluding hydrogens is 499 g/mol. The van der Waals surface area contributed by atoms with Crippen molar-refractivity contribution in [3.8, 4) is 11.1 Å². The summed E-state index contributed by atoms with van der Waals surface area (Å²) in [4.78, 5) is 18.0. The van der Waals surface area contributed by atoms with Crippen LogP contribution in [0.4, 0.5) is 4.39 Å². The zero-order valence-electron chi connectivity index (χ0n) is 22.4. The first-order valence-corrected chi connectivity index (χ1v) is 13.8. The number of Topliss-reactive ketones (excluding diaryl/α,β-unsaturated/α-hetero) is 1. The normalized spacial score (nSPS) is 19.9. The van der Waals surface area contributed by atoms with Crippen LogP contribution in [0.5, 0.6) is 0 Å². The predicted molar refractivity (Wildman–Crippen MR) is 159 cm³/mol. The van der Waals surface area contributed by atoms with Crippen molar-refractivity contribution in [2.75, 3.05) is 6.54 Å². The van der Waals surface area contributed by atoms with Gasteiger partial charge in [-0.15, -0.1) is 0 Å². The largest absolute Gasteiger partial charge is 0.473 e. The standard InChI is InChI=1S/C29H24FNO2.C6H7N/c1-17-16-31-29(33-17)26-14-20-4-2-3-5-23(20)24-13-10-18-6-7-21(15-25(18)27(24)26)28(32)19-8-11-22(30)12-9-19;1-2-4-6-7-5-3-1/h2-5,8-13,15,17,21H,6-7,14,16H2,1H3;1-7H. The lowest BCUT2D eigenvalue weighted by atomic mass is 9.80. The molecule has 2 aliphatic heterocycles. The number of nitrogens with zero attached hydrogens (tertiary/aromatic N) is 1. The van der Waals surface area contributed by atoms with E-state index in [-0.39, 0.29) is 23.6 Å². The van der Waals surface area contributed by atoms with Crippen molar-refractivity contribution < 1.29 is 13.9 Å². The summed E-state index contributed by atoms with van der Waals surface area (Å²) >= 11 is 0. The van der Waals surface area contributed by atoms with Gasteiger partial charge < -0.3 is 10.1 Å². The van der Waals surface area contributed by atoms with Gasteiger partial charge in [-0.2, -0.15) is 0 Å². The van der Waals surface area contributed by atoms with Crippen LogP contribution in [-0.2, 0) is 17.6 Å². The summed E-state index contributed by atoms with van der Waals surface area (Å²) in [6, 6.07) is 18.8. The van der Waals surface area contributed by atoms with Crippen molar-refractivity contribution in [2.45, 2.75) is 32.3 Å². The molecule has 0 saturated carbocycles. The molecule has 0 saturated heterocycles. The maximum Gasteiger partial charge on any atom is 0.213 e. The molecule has 0 aromatic heterocycles.